The quantitative estimate of drug-likeness (QED) is 0.0814. The molecule has 61 heavy (non-hydrogen) atoms. The van der Waals surface area contributed by atoms with E-state index in [4.69, 9.17) is 20.8 Å². The second kappa shape index (κ2) is 16.1. The van der Waals surface area contributed by atoms with Crippen LogP contribution in [0.25, 0.3) is 33.5 Å². The molecule has 2 saturated carbocycles. The number of fused-ring (bicyclic) bond motifs is 3. The number of ether oxygens (including phenoxy) is 1. The molecule has 0 radical (unpaired) electrons. The minimum atomic E-state index is -4.56. The lowest BCUT2D eigenvalue weighted by Crippen LogP contribution is -2.46. The summed E-state index contributed by atoms with van der Waals surface area (Å²) >= 11 is 6.17. The number of ketones is 1. The zero-order valence-corrected chi connectivity index (χ0v) is 34.8. The van der Waals surface area contributed by atoms with Crippen LogP contribution in [0.1, 0.15) is 63.8 Å². The molecule has 5 aromatic rings. The number of carbonyl (C=O) groups is 3. The van der Waals surface area contributed by atoms with E-state index in [-0.39, 0.29) is 72.1 Å². The fraction of sp³-hybridized carbons (Fsp3) is 0.419. The summed E-state index contributed by atoms with van der Waals surface area (Å²) in [5.41, 5.74) is -1.00. The lowest BCUT2D eigenvalue weighted by atomic mass is 9.90. The number of aromatic nitrogens is 4. The van der Waals surface area contributed by atoms with Gasteiger partial charge in [0.15, 0.2) is 11.6 Å². The molecule has 4 heterocycles. The number of Topliss-reactive ketones (excluding diaryl/α,β-unsaturated/α-hetero) is 1. The van der Waals surface area contributed by atoms with Crippen molar-refractivity contribution in [3.8, 4) is 17.3 Å². The molecule has 13 nitrogen and oxygen atoms in total. The molecular formula is C43H42ClF3N6O7S. The fourth-order valence-electron chi connectivity index (χ4n) is 8.25. The van der Waals surface area contributed by atoms with E-state index in [0.29, 0.717) is 41.6 Å². The summed E-state index contributed by atoms with van der Waals surface area (Å²) < 4.78 is 81.0. The molecule has 2 aromatic carbocycles. The van der Waals surface area contributed by atoms with Crippen molar-refractivity contribution in [2.75, 3.05) is 6.54 Å². The van der Waals surface area contributed by atoms with Gasteiger partial charge in [-0.3, -0.25) is 19.1 Å². The molecule has 3 aliphatic rings. The SMILES string of the molecule is C=C[C@@H]1C[C@]1(CC(=O)[C@@H]1C[C@@H](Oc2nc(-c3ccc(C(F)(F)F)cc3)nc3c2oc2ccccc23)CN1C(=O)[C@@H](Cc1nccc(Cl)n1)CC(C)C)C(=O)NS(=O)(=O)C1CC1. The number of hydrogen-bond acceptors (Lipinski definition) is 11. The van der Waals surface area contributed by atoms with Gasteiger partial charge in [-0.25, -0.2) is 23.4 Å². The Labute approximate surface area is 354 Å². The van der Waals surface area contributed by atoms with Crippen molar-refractivity contribution in [2.24, 2.45) is 23.2 Å². The Kier molecular flexibility index (Phi) is 11.2. The Hall–Kier alpha value is -5.42. The second-order valence-corrected chi connectivity index (χ2v) is 18.9. The molecule has 320 valence electrons. The number of allylic oxidation sites excluding steroid dienone is 1. The summed E-state index contributed by atoms with van der Waals surface area (Å²) in [5.74, 6) is -2.40. The average molecular weight is 879 g/mol. The van der Waals surface area contributed by atoms with E-state index in [1.165, 1.54) is 35.4 Å². The number of amides is 2. The van der Waals surface area contributed by atoms with Gasteiger partial charge >= 0.3 is 6.18 Å². The van der Waals surface area contributed by atoms with Crippen LogP contribution in [0.3, 0.4) is 0 Å². The molecule has 5 atom stereocenters. The predicted octanol–water partition coefficient (Wildman–Crippen LogP) is 7.52. The Morgan fingerprint density at radius 1 is 1.08 bits per heavy atom. The normalized spacial score (nSPS) is 22.1. The minimum absolute atomic E-state index is 0.0369. The first kappa shape index (κ1) is 42.3. The minimum Gasteiger partial charge on any atom is -0.470 e. The van der Waals surface area contributed by atoms with Gasteiger partial charge in [0, 0.05) is 42.3 Å². The number of benzene rings is 2. The highest BCUT2D eigenvalue weighted by atomic mass is 35.5. The Morgan fingerprint density at radius 2 is 1.82 bits per heavy atom. The smallest absolute Gasteiger partial charge is 0.416 e. The van der Waals surface area contributed by atoms with Gasteiger partial charge in [0.05, 0.1) is 28.8 Å². The summed E-state index contributed by atoms with van der Waals surface area (Å²) in [6, 6.07) is 11.8. The van der Waals surface area contributed by atoms with Crippen molar-refractivity contribution in [2.45, 2.75) is 82.4 Å². The first-order chi connectivity index (χ1) is 29.0. The Balaban J connectivity index is 1.14. The third-order valence-electron chi connectivity index (χ3n) is 11.6. The molecule has 0 spiro atoms. The van der Waals surface area contributed by atoms with Gasteiger partial charge in [-0.1, -0.05) is 55.8 Å². The topological polar surface area (TPSA) is 175 Å². The van der Waals surface area contributed by atoms with Gasteiger partial charge < -0.3 is 14.1 Å². The number of nitrogens with one attached hydrogen (secondary N) is 1. The zero-order valence-electron chi connectivity index (χ0n) is 33.2. The molecule has 18 heteroatoms. The van der Waals surface area contributed by atoms with E-state index in [1.54, 1.807) is 24.3 Å². The van der Waals surface area contributed by atoms with Crippen LogP contribution in [0, 0.1) is 23.2 Å². The number of halogens is 4. The summed E-state index contributed by atoms with van der Waals surface area (Å²) in [6.45, 7) is 7.64. The van der Waals surface area contributed by atoms with E-state index in [1.807, 2.05) is 13.8 Å². The van der Waals surface area contributed by atoms with Crippen LogP contribution in [0.5, 0.6) is 5.88 Å². The summed E-state index contributed by atoms with van der Waals surface area (Å²) in [6.07, 6.45) is -1.19. The monoisotopic (exact) mass is 878 g/mol. The molecule has 1 N–H and O–H groups in total. The highest BCUT2D eigenvalue weighted by Crippen LogP contribution is 2.57. The van der Waals surface area contributed by atoms with Crippen molar-refractivity contribution in [3.63, 3.8) is 0 Å². The number of likely N-dealkylation sites (tertiary alicyclic amines) is 1. The van der Waals surface area contributed by atoms with E-state index in [0.717, 1.165) is 12.1 Å². The van der Waals surface area contributed by atoms with Crippen LogP contribution in [-0.4, -0.2) is 74.8 Å². The summed E-state index contributed by atoms with van der Waals surface area (Å²) in [7, 11) is -3.92. The van der Waals surface area contributed by atoms with Crippen LogP contribution >= 0.6 is 11.6 Å². The number of sulfonamides is 1. The molecule has 8 rings (SSSR count). The van der Waals surface area contributed by atoms with Gasteiger partial charge in [0.25, 0.3) is 5.88 Å². The highest BCUT2D eigenvalue weighted by Gasteiger charge is 2.61. The maximum absolute atomic E-state index is 14.8. The van der Waals surface area contributed by atoms with Gasteiger partial charge in [-0.2, -0.15) is 18.2 Å². The van der Waals surface area contributed by atoms with Gasteiger partial charge in [-0.15, -0.1) is 6.58 Å². The van der Waals surface area contributed by atoms with E-state index in [9.17, 15) is 36.0 Å². The zero-order chi connectivity index (χ0) is 43.4. The molecule has 2 amide bonds. The number of rotatable bonds is 15. The molecule has 2 aliphatic carbocycles. The summed E-state index contributed by atoms with van der Waals surface area (Å²) in [4.78, 5) is 62.4. The largest absolute Gasteiger partial charge is 0.470 e. The molecule has 0 unspecified atom stereocenters. The lowest BCUT2D eigenvalue weighted by molar-refractivity contribution is -0.142. The first-order valence-electron chi connectivity index (χ1n) is 20.0. The van der Waals surface area contributed by atoms with Crippen molar-refractivity contribution in [1.82, 2.24) is 29.6 Å². The molecule has 3 fully saturated rings. The molecule has 3 aromatic heterocycles. The highest BCUT2D eigenvalue weighted by molar-refractivity contribution is 7.90. The molecule has 1 aliphatic heterocycles. The first-order valence-corrected chi connectivity index (χ1v) is 21.9. The Morgan fingerprint density at radius 3 is 2.48 bits per heavy atom. The average Bonchev–Trinajstić information content (AvgIpc) is 4.12. The van der Waals surface area contributed by atoms with Crippen molar-refractivity contribution in [3.05, 3.63) is 90.0 Å². The van der Waals surface area contributed by atoms with E-state index in [2.05, 4.69) is 31.2 Å². The second-order valence-electron chi connectivity index (χ2n) is 16.5. The van der Waals surface area contributed by atoms with Gasteiger partial charge in [0.2, 0.25) is 27.4 Å². The lowest BCUT2D eigenvalue weighted by Gasteiger charge is -2.29. The molecule has 1 saturated heterocycles. The van der Waals surface area contributed by atoms with E-state index >= 15 is 0 Å². The number of nitrogens with zero attached hydrogens (tertiary/aromatic N) is 5. The number of alkyl halides is 3. The van der Waals surface area contributed by atoms with Crippen molar-refractivity contribution in [1.29, 1.82) is 0 Å². The number of hydrogen-bond donors (Lipinski definition) is 1. The Bertz CT molecular complexity index is 2650. The van der Waals surface area contributed by atoms with Gasteiger partial charge in [-0.05, 0) is 67.9 Å². The maximum atomic E-state index is 14.8. The maximum Gasteiger partial charge on any atom is 0.416 e. The molecule has 0 bridgehead atoms. The van der Waals surface area contributed by atoms with Crippen LogP contribution in [0.2, 0.25) is 5.15 Å². The van der Waals surface area contributed by atoms with Gasteiger partial charge in [0.1, 0.15) is 28.2 Å². The van der Waals surface area contributed by atoms with Crippen molar-refractivity contribution >= 4 is 61.3 Å². The predicted molar refractivity (Wildman–Crippen MR) is 218 cm³/mol. The van der Waals surface area contributed by atoms with Crippen LogP contribution in [0.15, 0.2) is 77.9 Å². The number of carbonyl (C=O) groups excluding carboxylic acids is 3. The number of para-hydroxylation sites is 1. The standard InChI is InChI=1S/C43H42ClF3N6O7S/c1-4-26-20-42(26,41(56)52-61(57,58)29-13-14-29)21-32(54)31-19-28(22-53(31)40(55)25(17-23(2)3)18-35-48-16-15-34(44)49-35)59-39-37-36(30-7-5-6-8-33(30)60-37)50-38(51-39)24-9-11-27(12-10-24)43(45,46)47/h4-12,15-16,23,25-26,28-29,31H,1,13-14,17-22H2,2-3H3,(H,52,56)/t25-,26-,28-,31+,42-/m1/s1. The summed E-state index contributed by atoms with van der Waals surface area (Å²) in [5, 5.41) is 0.143. The van der Waals surface area contributed by atoms with Crippen LogP contribution in [0.4, 0.5) is 13.2 Å². The van der Waals surface area contributed by atoms with Crippen LogP contribution < -0.4 is 9.46 Å². The fourth-order valence-corrected chi connectivity index (χ4v) is 9.79. The third kappa shape index (κ3) is 8.72. The van der Waals surface area contributed by atoms with Crippen LogP contribution in [-0.2, 0) is 37.0 Å². The van der Waals surface area contributed by atoms with Crippen molar-refractivity contribution < 1.29 is 45.1 Å². The number of furan rings is 1. The third-order valence-corrected chi connectivity index (χ3v) is 13.6. The van der Waals surface area contributed by atoms with E-state index < -0.39 is 68.1 Å². The molecular weight excluding hydrogens is 837 g/mol.